The summed E-state index contributed by atoms with van der Waals surface area (Å²) in [6.07, 6.45) is 1.48. The zero-order chi connectivity index (χ0) is 11.8. The van der Waals surface area contributed by atoms with Crippen LogP contribution in [-0.4, -0.2) is 12.7 Å². The molecular weight excluding hydrogens is 204 g/mol. The van der Waals surface area contributed by atoms with Gasteiger partial charge in [0.25, 0.3) is 0 Å². The molecule has 0 heterocycles. The largest absolute Gasteiger partial charge is 0.449 e. The van der Waals surface area contributed by atoms with Crippen LogP contribution >= 0.6 is 0 Å². The van der Waals surface area contributed by atoms with Gasteiger partial charge in [-0.25, -0.2) is 4.79 Å². The molecule has 88 valence electrons. The number of hydrogen-bond donors (Lipinski definition) is 2. The summed E-state index contributed by atoms with van der Waals surface area (Å²) >= 11 is 0. The molecule has 0 atom stereocenters. The Morgan fingerprint density at radius 3 is 3.00 bits per heavy atom. The Labute approximate surface area is 95.8 Å². The second-order valence-electron chi connectivity index (χ2n) is 3.52. The summed E-state index contributed by atoms with van der Waals surface area (Å²) in [5.41, 5.74) is 7.19. The molecule has 0 fully saturated rings. The van der Waals surface area contributed by atoms with Gasteiger partial charge in [0.1, 0.15) is 0 Å². The molecule has 0 aliphatic carbocycles. The second kappa shape index (κ2) is 6.85. The lowest BCUT2D eigenvalue weighted by atomic mass is 10.2. The van der Waals surface area contributed by atoms with Crippen LogP contribution in [0.4, 0.5) is 10.5 Å². The van der Waals surface area contributed by atoms with Gasteiger partial charge in [-0.3, -0.25) is 5.32 Å². The number of ether oxygens (including phenoxy) is 1. The highest BCUT2D eigenvalue weighted by molar-refractivity contribution is 5.84. The molecule has 16 heavy (non-hydrogen) atoms. The van der Waals surface area contributed by atoms with Crippen LogP contribution in [-0.2, 0) is 11.3 Å². The molecule has 1 aromatic rings. The maximum atomic E-state index is 11.3. The van der Waals surface area contributed by atoms with Crippen molar-refractivity contribution in [2.45, 2.75) is 26.3 Å². The van der Waals surface area contributed by atoms with Crippen LogP contribution in [0.5, 0.6) is 0 Å². The average Bonchev–Trinajstić information content (AvgIpc) is 2.29. The molecule has 0 spiro atoms. The lowest BCUT2D eigenvalue weighted by molar-refractivity contribution is 0.160. The molecule has 0 radical (unpaired) electrons. The van der Waals surface area contributed by atoms with E-state index in [1.807, 2.05) is 25.1 Å². The molecule has 1 aromatic carbocycles. The molecular formula is C12H18N2O2. The number of amides is 1. The number of nitrogens with two attached hydrogens (primary N) is 1. The van der Waals surface area contributed by atoms with Crippen molar-refractivity contribution in [3.05, 3.63) is 29.8 Å². The third-order valence-electron chi connectivity index (χ3n) is 2.14. The number of carbonyl (C=O) groups is 1. The third kappa shape index (κ3) is 4.31. The molecule has 0 aliphatic rings. The van der Waals surface area contributed by atoms with E-state index in [2.05, 4.69) is 5.32 Å². The molecule has 0 saturated heterocycles. The first-order chi connectivity index (χ1) is 7.76. The second-order valence-corrected chi connectivity index (χ2v) is 3.52. The Kier molecular flexibility index (Phi) is 5.36. The number of unbranched alkanes of at least 4 members (excludes halogenated alkanes) is 1. The molecule has 0 bridgehead atoms. The monoisotopic (exact) mass is 222 g/mol. The van der Waals surface area contributed by atoms with Gasteiger partial charge in [0.15, 0.2) is 0 Å². The van der Waals surface area contributed by atoms with E-state index >= 15 is 0 Å². The average molecular weight is 222 g/mol. The van der Waals surface area contributed by atoms with Crippen molar-refractivity contribution in [1.82, 2.24) is 0 Å². The lowest BCUT2D eigenvalue weighted by Crippen LogP contribution is -2.14. The maximum absolute atomic E-state index is 11.3. The van der Waals surface area contributed by atoms with E-state index in [9.17, 15) is 4.79 Å². The van der Waals surface area contributed by atoms with E-state index in [0.29, 0.717) is 18.8 Å². The predicted molar refractivity (Wildman–Crippen MR) is 64.2 cm³/mol. The fourth-order valence-electron chi connectivity index (χ4n) is 1.24. The minimum atomic E-state index is -0.414. The van der Waals surface area contributed by atoms with Crippen LogP contribution in [0.25, 0.3) is 0 Å². The van der Waals surface area contributed by atoms with Crippen molar-refractivity contribution in [2.24, 2.45) is 5.73 Å². The summed E-state index contributed by atoms with van der Waals surface area (Å²) in [6, 6.07) is 7.40. The van der Waals surface area contributed by atoms with Crippen LogP contribution in [0, 0.1) is 0 Å². The van der Waals surface area contributed by atoms with Crippen molar-refractivity contribution in [3.8, 4) is 0 Å². The molecule has 4 nitrogen and oxygen atoms in total. The van der Waals surface area contributed by atoms with Gasteiger partial charge in [0.2, 0.25) is 0 Å². The normalized spacial score (nSPS) is 9.88. The first-order valence-electron chi connectivity index (χ1n) is 5.49. The highest BCUT2D eigenvalue weighted by Crippen LogP contribution is 2.10. The van der Waals surface area contributed by atoms with Crippen molar-refractivity contribution in [2.75, 3.05) is 11.9 Å². The predicted octanol–water partition coefficient (Wildman–Crippen LogP) is 2.49. The highest BCUT2D eigenvalue weighted by Gasteiger charge is 2.02. The van der Waals surface area contributed by atoms with Gasteiger partial charge in [-0.1, -0.05) is 25.5 Å². The summed E-state index contributed by atoms with van der Waals surface area (Å²) in [5, 5.41) is 2.66. The molecule has 0 aromatic heterocycles. The molecule has 0 aliphatic heterocycles. The Bertz CT molecular complexity index is 340. The SMILES string of the molecule is CCCCOC(=O)Nc1cccc(CN)c1. The molecule has 1 amide bonds. The highest BCUT2D eigenvalue weighted by atomic mass is 16.5. The van der Waals surface area contributed by atoms with E-state index in [4.69, 9.17) is 10.5 Å². The molecule has 0 unspecified atom stereocenters. The van der Waals surface area contributed by atoms with E-state index in [1.165, 1.54) is 0 Å². The van der Waals surface area contributed by atoms with Crippen LogP contribution in [0.15, 0.2) is 24.3 Å². The first-order valence-corrected chi connectivity index (χ1v) is 5.49. The Morgan fingerprint density at radius 2 is 2.31 bits per heavy atom. The van der Waals surface area contributed by atoms with Gasteiger partial charge < -0.3 is 10.5 Å². The minimum Gasteiger partial charge on any atom is -0.449 e. The number of carbonyl (C=O) groups excluding carboxylic acids is 1. The Morgan fingerprint density at radius 1 is 1.50 bits per heavy atom. The molecule has 1 rings (SSSR count). The number of nitrogens with one attached hydrogen (secondary N) is 1. The number of rotatable bonds is 5. The van der Waals surface area contributed by atoms with Crippen molar-refractivity contribution in [3.63, 3.8) is 0 Å². The fraction of sp³-hybridized carbons (Fsp3) is 0.417. The van der Waals surface area contributed by atoms with E-state index < -0.39 is 6.09 Å². The zero-order valence-electron chi connectivity index (χ0n) is 9.53. The summed E-state index contributed by atoms with van der Waals surface area (Å²) in [5.74, 6) is 0. The van der Waals surface area contributed by atoms with Gasteiger partial charge in [-0.15, -0.1) is 0 Å². The summed E-state index contributed by atoms with van der Waals surface area (Å²) in [6.45, 7) is 2.96. The molecule has 0 saturated carbocycles. The van der Waals surface area contributed by atoms with Gasteiger partial charge in [-0.2, -0.15) is 0 Å². The van der Waals surface area contributed by atoms with Crippen LogP contribution in [0.2, 0.25) is 0 Å². The standard InChI is InChI=1S/C12H18N2O2/c1-2-3-7-16-12(15)14-11-6-4-5-10(8-11)9-13/h4-6,8H,2-3,7,9,13H2,1H3,(H,14,15). The third-order valence-corrected chi connectivity index (χ3v) is 2.14. The Hall–Kier alpha value is -1.55. The molecule has 3 N–H and O–H groups in total. The van der Waals surface area contributed by atoms with E-state index in [0.717, 1.165) is 18.4 Å². The van der Waals surface area contributed by atoms with Gasteiger partial charge in [-0.05, 0) is 24.1 Å². The zero-order valence-corrected chi connectivity index (χ0v) is 9.53. The minimum absolute atomic E-state index is 0.414. The lowest BCUT2D eigenvalue weighted by Gasteiger charge is -2.07. The Balaban J connectivity index is 2.43. The van der Waals surface area contributed by atoms with Crippen molar-refractivity contribution in [1.29, 1.82) is 0 Å². The topological polar surface area (TPSA) is 64.3 Å². The smallest absolute Gasteiger partial charge is 0.411 e. The van der Waals surface area contributed by atoms with Gasteiger partial charge in [0.05, 0.1) is 6.61 Å². The van der Waals surface area contributed by atoms with Crippen LogP contribution < -0.4 is 11.1 Å². The number of benzene rings is 1. The van der Waals surface area contributed by atoms with E-state index in [-0.39, 0.29) is 0 Å². The van der Waals surface area contributed by atoms with Crippen molar-refractivity contribution < 1.29 is 9.53 Å². The van der Waals surface area contributed by atoms with E-state index in [1.54, 1.807) is 6.07 Å². The quantitative estimate of drug-likeness (QED) is 0.752. The summed E-state index contributed by atoms with van der Waals surface area (Å²) in [4.78, 5) is 11.3. The fourth-order valence-corrected chi connectivity index (χ4v) is 1.24. The number of anilines is 1. The molecule has 4 heteroatoms. The van der Waals surface area contributed by atoms with Crippen molar-refractivity contribution >= 4 is 11.8 Å². The van der Waals surface area contributed by atoms with Crippen LogP contribution in [0.1, 0.15) is 25.3 Å². The maximum Gasteiger partial charge on any atom is 0.411 e. The first kappa shape index (κ1) is 12.5. The van der Waals surface area contributed by atoms with Gasteiger partial charge in [0, 0.05) is 12.2 Å². The number of hydrogen-bond acceptors (Lipinski definition) is 3. The van der Waals surface area contributed by atoms with Gasteiger partial charge >= 0.3 is 6.09 Å². The summed E-state index contributed by atoms with van der Waals surface area (Å²) < 4.78 is 4.98. The summed E-state index contributed by atoms with van der Waals surface area (Å²) in [7, 11) is 0. The van der Waals surface area contributed by atoms with Crippen LogP contribution in [0.3, 0.4) is 0 Å².